The van der Waals surface area contributed by atoms with Gasteiger partial charge in [-0.1, -0.05) is 12.8 Å². The second-order valence-corrected chi connectivity index (χ2v) is 6.20. The van der Waals surface area contributed by atoms with E-state index in [4.69, 9.17) is 0 Å². The summed E-state index contributed by atoms with van der Waals surface area (Å²) in [5.41, 5.74) is 0. The number of β-amino-alcohol motifs (C(OH)–C–C–N with tert-alkyl or cyclic N) is 1. The molecule has 17 heavy (non-hydrogen) atoms. The van der Waals surface area contributed by atoms with Crippen LogP contribution in [0.1, 0.15) is 38.5 Å². The molecule has 0 aromatic heterocycles. The Hall–Kier alpha value is -0.120. The minimum atomic E-state index is -0.0644. The van der Waals surface area contributed by atoms with Gasteiger partial charge >= 0.3 is 0 Å². The Morgan fingerprint density at radius 2 is 1.82 bits per heavy atom. The Bertz CT molecular complexity index is 253. The zero-order chi connectivity index (χ0) is 11.7. The maximum atomic E-state index is 10.3. The van der Waals surface area contributed by atoms with Gasteiger partial charge in [-0.2, -0.15) is 0 Å². The second kappa shape index (κ2) is 5.25. The molecule has 2 unspecified atom stereocenters. The molecule has 0 radical (unpaired) electrons. The third-order valence-electron chi connectivity index (χ3n) is 5.06. The first kappa shape index (κ1) is 11.9. The van der Waals surface area contributed by atoms with Crippen LogP contribution in [0.4, 0.5) is 0 Å². The molecule has 98 valence electrons. The van der Waals surface area contributed by atoms with Crippen LogP contribution in [-0.2, 0) is 0 Å². The van der Waals surface area contributed by atoms with E-state index in [0.29, 0.717) is 5.92 Å². The third kappa shape index (κ3) is 2.67. The van der Waals surface area contributed by atoms with Crippen molar-refractivity contribution in [1.82, 2.24) is 9.80 Å². The molecule has 0 bridgehead atoms. The fourth-order valence-electron chi connectivity index (χ4n) is 3.98. The Balaban J connectivity index is 1.48. The van der Waals surface area contributed by atoms with Crippen molar-refractivity contribution in [3.8, 4) is 0 Å². The van der Waals surface area contributed by atoms with E-state index >= 15 is 0 Å². The summed E-state index contributed by atoms with van der Waals surface area (Å²) in [6.45, 7) is 5.82. The van der Waals surface area contributed by atoms with E-state index in [-0.39, 0.29) is 6.10 Å². The number of hydrogen-bond donors (Lipinski definition) is 1. The topological polar surface area (TPSA) is 26.7 Å². The molecular weight excluding hydrogens is 212 g/mol. The van der Waals surface area contributed by atoms with Gasteiger partial charge in [0.1, 0.15) is 0 Å². The largest absolute Gasteiger partial charge is 0.392 e. The zero-order valence-corrected chi connectivity index (χ0v) is 10.9. The average Bonchev–Trinajstić information content (AvgIpc) is 2.99. The summed E-state index contributed by atoms with van der Waals surface area (Å²) < 4.78 is 0. The van der Waals surface area contributed by atoms with Crippen molar-refractivity contribution in [2.75, 3.05) is 32.7 Å². The van der Waals surface area contributed by atoms with Crippen LogP contribution in [0.2, 0.25) is 0 Å². The molecule has 3 fully saturated rings. The lowest BCUT2D eigenvalue weighted by atomic mass is 10.00. The van der Waals surface area contributed by atoms with Crippen LogP contribution in [0.3, 0.4) is 0 Å². The maximum absolute atomic E-state index is 10.3. The standard InChI is InChI=1S/C14H26N2O/c17-14(12-4-1-2-5-12)11-15-8-9-16-7-3-6-13(16)10-15/h12-14,17H,1-11H2. The molecule has 3 nitrogen and oxygen atoms in total. The summed E-state index contributed by atoms with van der Waals surface area (Å²) in [6, 6.07) is 0.791. The highest BCUT2D eigenvalue weighted by molar-refractivity contribution is 4.88. The first-order chi connectivity index (χ1) is 8.33. The van der Waals surface area contributed by atoms with Gasteiger partial charge in [-0.25, -0.2) is 0 Å². The normalized spacial score (nSPS) is 34.1. The van der Waals surface area contributed by atoms with E-state index in [9.17, 15) is 5.11 Å². The molecule has 1 saturated carbocycles. The van der Waals surface area contributed by atoms with Gasteiger partial charge in [-0.05, 0) is 38.1 Å². The highest BCUT2D eigenvalue weighted by Gasteiger charge is 2.32. The van der Waals surface area contributed by atoms with Crippen molar-refractivity contribution in [3.05, 3.63) is 0 Å². The molecule has 1 aliphatic carbocycles. The summed E-state index contributed by atoms with van der Waals surface area (Å²) in [5, 5.41) is 10.3. The first-order valence-electron chi connectivity index (χ1n) is 7.47. The Morgan fingerprint density at radius 1 is 1.00 bits per heavy atom. The van der Waals surface area contributed by atoms with Crippen molar-refractivity contribution in [3.63, 3.8) is 0 Å². The number of hydrogen-bond acceptors (Lipinski definition) is 3. The highest BCUT2D eigenvalue weighted by atomic mass is 16.3. The van der Waals surface area contributed by atoms with E-state index in [1.54, 1.807) is 0 Å². The fraction of sp³-hybridized carbons (Fsp3) is 1.00. The van der Waals surface area contributed by atoms with Gasteiger partial charge in [0.2, 0.25) is 0 Å². The Kier molecular flexibility index (Phi) is 3.69. The molecule has 2 atom stereocenters. The molecule has 0 amide bonds. The van der Waals surface area contributed by atoms with E-state index in [0.717, 1.165) is 12.6 Å². The Morgan fingerprint density at radius 3 is 2.65 bits per heavy atom. The van der Waals surface area contributed by atoms with Crippen molar-refractivity contribution in [2.24, 2.45) is 5.92 Å². The zero-order valence-electron chi connectivity index (χ0n) is 10.9. The second-order valence-electron chi connectivity index (χ2n) is 6.20. The number of aliphatic hydroxyl groups excluding tert-OH is 1. The lowest BCUT2D eigenvalue weighted by Gasteiger charge is -2.39. The summed E-state index contributed by atoms with van der Waals surface area (Å²) in [4.78, 5) is 5.15. The van der Waals surface area contributed by atoms with Crippen LogP contribution in [0, 0.1) is 5.92 Å². The van der Waals surface area contributed by atoms with Crippen LogP contribution in [0.25, 0.3) is 0 Å². The Labute approximate surface area is 105 Å². The van der Waals surface area contributed by atoms with Crippen molar-refractivity contribution in [1.29, 1.82) is 0 Å². The van der Waals surface area contributed by atoms with E-state index in [1.165, 1.54) is 64.7 Å². The maximum Gasteiger partial charge on any atom is 0.0695 e. The van der Waals surface area contributed by atoms with Gasteiger partial charge in [-0.15, -0.1) is 0 Å². The summed E-state index contributed by atoms with van der Waals surface area (Å²) >= 11 is 0. The number of fused-ring (bicyclic) bond motifs is 1. The first-order valence-corrected chi connectivity index (χ1v) is 7.47. The van der Waals surface area contributed by atoms with Gasteiger partial charge in [-0.3, -0.25) is 9.80 Å². The van der Waals surface area contributed by atoms with Crippen LogP contribution >= 0.6 is 0 Å². The van der Waals surface area contributed by atoms with Crippen LogP contribution in [0.5, 0.6) is 0 Å². The average molecular weight is 238 g/mol. The number of piperazine rings is 1. The molecule has 2 heterocycles. The molecule has 2 aliphatic heterocycles. The number of rotatable bonds is 3. The fourth-order valence-corrected chi connectivity index (χ4v) is 3.98. The number of nitrogens with zero attached hydrogens (tertiary/aromatic N) is 2. The van der Waals surface area contributed by atoms with Crippen LogP contribution in [-0.4, -0.2) is 59.8 Å². The molecule has 1 N–H and O–H groups in total. The van der Waals surface area contributed by atoms with Crippen molar-refractivity contribution >= 4 is 0 Å². The summed E-state index contributed by atoms with van der Waals surface area (Å²) in [5.74, 6) is 0.594. The third-order valence-corrected chi connectivity index (χ3v) is 5.06. The smallest absolute Gasteiger partial charge is 0.0695 e. The van der Waals surface area contributed by atoms with Gasteiger partial charge < -0.3 is 5.11 Å². The SMILES string of the molecule is OC(CN1CCN2CCCC2C1)C1CCCC1. The van der Waals surface area contributed by atoms with Gasteiger partial charge in [0.25, 0.3) is 0 Å². The quantitative estimate of drug-likeness (QED) is 0.803. The molecule has 3 heteroatoms. The lowest BCUT2D eigenvalue weighted by Crippen LogP contribution is -2.52. The predicted octanol–water partition coefficient (Wildman–Crippen LogP) is 1.32. The number of aliphatic hydroxyl groups is 1. The van der Waals surface area contributed by atoms with Crippen LogP contribution < -0.4 is 0 Å². The predicted molar refractivity (Wildman–Crippen MR) is 69.0 cm³/mol. The van der Waals surface area contributed by atoms with Gasteiger partial charge in [0, 0.05) is 32.2 Å². The highest BCUT2D eigenvalue weighted by Crippen LogP contribution is 2.29. The molecule has 0 aromatic rings. The van der Waals surface area contributed by atoms with E-state index in [1.807, 2.05) is 0 Å². The minimum absolute atomic E-state index is 0.0644. The molecule has 0 spiro atoms. The molecule has 3 rings (SSSR count). The van der Waals surface area contributed by atoms with Crippen LogP contribution in [0.15, 0.2) is 0 Å². The molecule has 2 saturated heterocycles. The van der Waals surface area contributed by atoms with E-state index in [2.05, 4.69) is 9.80 Å². The van der Waals surface area contributed by atoms with E-state index < -0.39 is 0 Å². The van der Waals surface area contributed by atoms with Crippen molar-refractivity contribution < 1.29 is 5.11 Å². The molecule has 3 aliphatic rings. The monoisotopic (exact) mass is 238 g/mol. The lowest BCUT2D eigenvalue weighted by molar-refractivity contribution is 0.0318. The molecular formula is C14H26N2O. The minimum Gasteiger partial charge on any atom is -0.392 e. The van der Waals surface area contributed by atoms with Crippen molar-refractivity contribution in [2.45, 2.75) is 50.7 Å². The molecule has 0 aromatic carbocycles. The summed E-state index contributed by atoms with van der Waals surface area (Å²) in [7, 11) is 0. The van der Waals surface area contributed by atoms with Gasteiger partial charge in [0.05, 0.1) is 6.10 Å². The van der Waals surface area contributed by atoms with Gasteiger partial charge in [0.15, 0.2) is 0 Å². The summed E-state index contributed by atoms with van der Waals surface area (Å²) in [6.07, 6.45) is 7.86.